The van der Waals surface area contributed by atoms with E-state index in [9.17, 15) is 9.59 Å². The minimum absolute atomic E-state index is 0.0290. The fourth-order valence-electron chi connectivity index (χ4n) is 1.29. The lowest BCUT2D eigenvalue weighted by atomic mass is 10.1. The maximum absolute atomic E-state index is 11.2. The molecule has 2 nitrogen and oxygen atoms in total. The number of Topliss-reactive ketones (excluding diaryl/α,β-unsaturated/α-hetero) is 2. The summed E-state index contributed by atoms with van der Waals surface area (Å²) >= 11 is 0. The Morgan fingerprint density at radius 3 is 2.36 bits per heavy atom. The Kier molecular flexibility index (Phi) is 4.05. The fourth-order valence-corrected chi connectivity index (χ4v) is 1.29. The van der Waals surface area contributed by atoms with E-state index >= 15 is 0 Å². The van der Waals surface area contributed by atoms with E-state index in [-0.39, 0.29) is 18.0 Å². The van der Waals surface area contributed by atoms with Crippen molar-refractivity contribution >= 4 is 11.6 Å². The van der Waals surface area contributed by atoms with Crippen LogP contribution in [0.5, 0.6) is 0 Å². The summed E-state index contributed by atoms with van der Waals surface area (Å²) in [6, 6.07) is 9.82. The summed E-state index contributed by atoms with van der Waals surface area (Å²) in [6.07, 6.45) is 1.27. The molecule has 1 aromatic carbocycles. The normalized spacial score (nSPS) is 9.79. The monoisotopic (exact) mass is 190 g/mol. The summed E-state index contributed by atoms with van der Waals surface area (Å²) in [5.74, 6) is -0.0237. The lowest BCUT2D eigenvalue weighted by Gasteiger charge is -1.99. The van der Waals surface area contributed by atoms with Gasteiger partial charge in [0.1, 0.15) is 11.6 Å². The molecule has 0 N–H and O–H groups in total. The minimum atomic E-state index is -0.0527. The van der Waals surface area contributed by atoms with Gasteiger partial charge >= 0.3 is 0 Å². The number of hydrogen-bond acceptors (Lipinski definition) is 2. The van der Waals surface area contributed by atoms with Gasteiger partial charge in [-0.05, 0) is 18.9 Å². The zero-order valence-electron chi connectivity index (χ0n) is 8.32. The quantitative estimate of drug-likeness (QED) is 0.667. The van der Waals surface area contributed by atoms with Crippen molar-refractivity contribution in [2.24, 2.45) is 0 Å². The van der Waals surface area contributed by atoms with Gasteiger partial charge in [-0.2, -0.15) is 0 Å². The molecule has 0 bridgehead atoms. The zero-order valence-corrected chi connectivity index (χ0v) is 8.32. The summed E-state index contributed by atoms with van der Waals surface area (Å²) in [5.41, 5.74) is 1.14. The van der Waals surface area contributed by atoms with E-state index in [1.165, 1.54) is 6.92 Å². The molecule has 0 radical (unpaired) electrons. The molecule has 0 amide bonds. The fraction of sp³-hybridized carbons (Fsp3) is 0.333. The first-order valence-electron chi connectivity index (χ1n) is 4.73. The molecule has 0 aliphatic rings. The topological polar surface area (TPSA) is 34.1 Å². The molecule has 0 aliphatic carbocycles. The molecule has 0 fully saturated rings. The van der Waals surface area contributed by atoms with Crippen LogP contribution in [0.25, 0.3) is 0 Å². The third-order valence-corrected chi connectivity index (χ3v) is 1.98. The molecule has 0 aromatic heterocycles. The molecule has 0 heterocycles. The molecule has 0 saturated heterocycles. The second-order valence-electron chi connectivity index (χ2n) is 3.40. The minimum Gasteiger partial charge on any atom is -0.300 e. The van der Waals surface area contributed by atoms with Gasteiger partial charge in [-0.3, -0.25) is 9.59 Å². The molecular weight excluding hydrogens is 176 g/mol. The average molecular weight is 190 g/mol. The summed E-state index contributed by atoms with van der Waals surface area (Å²) in [7, 11) is 0. The van der Waals surface area contributed by atoms with Gasteiger partial charge < -0.3 is 0 Å². The van der Waals surface area contributed by atoms with Crippen molar-refractivity contribution in [2.75, 3.05) is 0 Å². The third-order valence-electron chi connectivity index (χ3n) is 1.98. The number of benzene rings is 1. The number of rotatable bonds is 5. The van der Waals surface area contributed by atoms with Crippen molar-refractivity contribution in [3.05, 3.63) is 35.9 Å². The van der Waals surface area contributed by atoms with Crippen molar-refractivity contribution < 1.29 is 9.59 Å². The van der Waals surface area contributed by atoms with E-state index in [0.717, 1.165) is 12.0 Å². The standard InChI is InChI=1S/C12H14O2/c1-10(13)9-12(14)8-7-11-5-3-2-4-6-11/h2-6H,7-9H2,1H3. The highest BCUT2D eigenvalue weighted by Gasteiger charge is 2.04. The maximum Gasteiger partial charge on any atom is 0.140 e. The molecule has 0 saturated carbocycles. The molecule has 2 heteroatoms. The van der Waals surface area contributed by atoms with Crippen LogP contribution in [0.1, 0.15) is 25.3 Å². The lowest BCUT2D eigenvalue weighted by molar-refractivity contribution is -0.125. The van der Waals surface area contributed by atoms with E-state index in [1.54, 1.807) is 0 Å². The van der Waals surface area contributed by atoms with Crippen LogP contribution < -0.4 is 0 Å². The Morgan fingerprint density at radius 2 is 1.79 bits per heavy atom. The van der Waals surface area contributed by atoms with Gasteiger partial charge in [0.05, 0.1) is 6.42 Å². The number of carbonyl (C=O) groups is 2. The Bertz CT molecular complexity index is 314. The van der Waals surface area contributed by atoms with Gasteiger partial charge in [0.2, 0.25) is 0 Å². The second kappa shape index (κ2) is 5.32. The van der Waals surface area contributed by atoms with Crippen LogP contribution in [-0.2, 0) is 16.0 Å². The maximum atomic E-state index is 11.2. The molecule has 0 atom stereocenters. The lowest BCUT2D eigenvalue weighted by Crippen LogP contribution is -2.05. The molecule has 0 aliphatic heterocycles. The zero-order chi connectivity index (χ0) is 10.4. The molecule has 1 aromatic rings. The first kappa shape index (κ1) is 10.6. The molecule has 0 spiro atoms. The number of aryl methyl sites for hydroxylation is 1. The Hall–Kier alpha value is -1.44. The molecule has 0 unspecified atom stereocenters. The first-order valence-corrected chi connectivity index (χ1v) is 4.73. The van der Waals surface area contributed by atoms with Crippen molar-refractivity contribution in [1.82, 2.24) is 0 Å². The number of ketones is 2. The highest BCUT2D eigenvalue weighted by molar-refractivity contribution is 5.97. The van der Waals surface area contributed by atoms with E-state index in [4.69, 9.17) is 0 Å². The molecule has 14 heavy (non-hydrogen) atoms. The van der Waals surface area contributed by atoms with Gasteiger partial charge in [0.15, 0.2) is 0 Å². The largest absolute Gasteiger partial charge is 0.300 e. The average Bonchev–Trinajstić information content (AvgIpc) is 2.15. The van der Waals surface area contributed by atoms with Crippen LogP contribution in [0.2, 0.25) is 0 Å². The van der Waals surface area contributed by atoms with Crippen molar-refractivity contribution in [3.63, 3.8) is 0 Å². The van der Waals surface area contributed by atoms with Crippen LogP contribution in [0.4, 0.5) is 0 Å². The van der Waals surface area contributed by atoms with E-state index in [2.05, 4.69) is 0 Å². The van der Waals surface area contributed by atoms with Crippen LogP contribution >= 0.6 is 0 Å². The van der Waals surface area contributed by atoms with E-state index in [0.29, 0.717) is 6.42 Å². The Morgan fingerprint density at radius 1 is 1.14 bits per heavy atom. The van der Waals surface area contributed by atoms with Gasteiger partial charge in [-0.15, -0.1) is 0 Å². The molecule has 1 rings (SSSR count). The number of hydrogen-bond donors (Lipinski definition) is 0. The third kappa shape index (κ3) is 3.99. The number of carbonyl (C=O) groups excluding carboxylic acids is 2. The van der Waals surface area contributed by atoms with Crippen LogP contribution in [0, 0.1) is 0 Å². The van der Waals surface area contributed by atoms with Crippen molar-refractivity contribution in [1.29, 1.82) is 0 Å². The van der Waals surface area contributed by atoms with Crippen LogP contribution in [0.15, 0.2) is 30.3 Å². The summed E-state index contributed by atoms with van der Waals surface area (Å²) in [6.45, 7) is 1.44. The highest BCUT2D eigenvalue weighted by Crippen LogP contribution is 2.04. The van der Waals surface area contributed by atoms with Crippen molar-refractivity contribution in [2.45, 2.75) is 26.2 Å². The SMILES string of the molecule is CC(=O)CC(=O)CCc1ccccc1. The van der Waals surface area contributed by atoms with E-state index in [1.807, 2.05) is 30.3 Å². The Labute approximate surface area is 83.9 Å². The second-order valence-corrected chi connectivity index (χ2v) is 3.40. The van der Waals surface area contributed by atoms with Crippen molar-refractivity contribution in [3.8, 4) is 0 Å². The van der Waals surface area contributed by atoms with Gasteiger partial charge in [0.25, 0.3) is 0 Å². The smallest absolute Gasteiger partial charge is 0.140 e. The molecule has 74 valence electrons. The first-order chi connectivity index (χ1) is 6.68. The molecular formula is C12H14O2. The summed E-state index contributed by atoms with van der Waals surface area (Å²) in [5, 5.41) is 0. The van der Waals surface area contributed by atoms with Gasteiger partial charge in [-0.25, -0.2) is 0 Å². The van der Waals surface area contributed by atoms with Crippen LogP contribution in [0.3, 0.4) is 0 Å². The highest BCUT2D eigenvalue weighted by atomic mass is 16.1. The van der Waals surface area contributed by atoms with Gasteiger partial charge in [-0.1, -0.05) is 30.3 Å². The predicted molar refractivity (Wildman–Crippen MR) is 55.1 cm³/mol. The Balaban J connectivity index is 2.34. The van der Waals surface area contributed by atoms with Gasteiger partial charge in [0, 0.05) is 6.42 Å². The van der Waals surface area contributed by atoms with E-state index < -0.39 is 0 Å². The predicted octanol–water partition coefficient (Wildman–Crippen LogP) is 2.17. The summed E-state index contributed by atoms with van der Waals surface area (Å²) in [4.78, 5) is 21.9. The van der Waals surface area contributed by atoms with Crippen LogP contribution in [-0.4, -0.2) is 11.6 Å². The summed E-state index contributed by atoms with van der Waals surface area (Å²) < 4.78 is 0.